The van der Waals surface area contributed by atoms with Crippen molar-refractivity contribution in [1.29, 1.82) is 0 Å². The molecule has 1 aliphatic carbocycles. The van der Waals surface area contributed by atoms with Crippen LogP contribution in [0.4, 0.5) is 0 Å². The molecule has 21 heavy (non-hydrogen) atoms. The monoisotopic (exact) mass is 292 g/mol. The molecule has 2 bridgehead atoms. The summed E-state index contributed by atoms with van der Waals surface area (Å²) in [5, 5.41) is 13.5. The number of rotatable bonds is 3. The normalized spacial score (nSPS) is 33.7. The zero-order valence-electron chi connectivity index (χ0n) is 12.9. The molecule has 4 fully saturated rings. The maximum absolute atomic E-state index is 12.1. The number of nitrogens with one attached hydrogen (secondary N) is 1. The lowest BCUT2D eigenvalue weighted by molar-refractivity contribution is -0.118. The van der Waals surface area contributed by atoms with Crippen LogP contribution in [0.2, 0.25) is 0 Å². The number of fused-ring (bicyclic) bond motifs is 3. The fraction of sp³-hybridized carbons (Fsp3) is 0.824. The largest absolute Gasteiger partial charge is 0.388 e. The summed E-state index contributed by atoms with van der Waals surface area (Å²) in [6.45, 7) is 3.74. The van der Waals surface area contributed by atoms with Crippen molar-refractivity contribution in [3.8, 4) is 0 Å². The van der Waals surface area contributed by atoms with E-state index in [9.17, 15) is 9.90 Å². The third-order valence-electron chi connectivity index (χ3n) is 5.46. The molecule has 1 saturated carbocycles. The predicted octanol–water partition coefficient (Wildman–Crippen LogP) is 1.84. The molecule has 0 aromatic rings. The maximum atomic E-state index is 12.1. The van der Waals surface area contributed by atoms with Crippen molar-refractivity contribution in [2.45, 2.75) is 57.0 Å². The minimum atomic E-state index is -0.681. The summed E-state index contributed by atoms with van der Waals surface area (Å²) in [6.07, 6.45) is 10.4. The first-order valence-corrected chi connectivity index (χ1v) is 8.58. The molecular weight excluding hydrogens is 264 g/mol. The first-order valence-electron chi connectivity index (χ1n) is 8.58. The highest BCUT2D eigenvalue weighted by atomic mass is 16.3. The molecule has 118 valence electrons. The standard InChI is InChI=1S/C17H28N2O2/c20-16(11-15-12-19-9-5-14(15)6-10-19)18-13-17(21)7-3-1-2-4-8-17/h11,14,21H,1-10,12-13H2,(H,18,20)/b15-11-. The van der Waals surface area contributed by atoms with E-state index < -0.39 is 5.60 Å². The molecule has 0 unspecified atom stereocenters. The van der Waals surface area contributed by atoms with Crippen LogP contribution >= 0.6 is 0 Å². The fourth-order valence-electron chi connectivity index (χ4n) is 4.05. The number of hydrogen-bond donors (Lipinski definition) is 2. The highest BCUT2D eigenvalue weighted by molar-refractivity contribution is 5.88. The van der Waals surface area contributed by atoms with Gasteiger partial charge in [0.2, 0.25) is 5.91 Å². The average molecular weight is 292 g/mol. The Morgan fingerprint density at radius 3 is 2.48 bits per heavy atom. The molecule has 4 aliphatic rings. The number of hydrogen-bond acceptors (Lipinski definition) is 3. The third-order valence-corrected chi connectivity index (χ3v) is 5.46. The zero-order valence-corrected chi connectivity index (χ0v) is 12.9. The number of piperidine rings is 3. The van der Waals surface area contributed by atoms with Crippen molar-refractivity contribution in [3.05, 3.63) is 11.6 Å². The second-order valence-electron chi connectivity index (χ2n) is 7.13. The Bertz CT molecular complexity index is 403. The van der Waals surface area contributed by atoms with Gasteiger partial charge >= 0.3 is 0 Å². The Labute approximate surface area is 127 Å². The zero-order chi connectivity index (χ0) is 14.7. The van der Waals surface area contributed by atoms with E-state index >= 15 is 0 Å². The van der Waals surface area contributed by atoms with E-state index in [1.165, 1.54) is 44.3 Å². The Morgan fingerprint density at radius 2 is 1.90 bits per heavy atom. The van der Waals surface area contributed by atoms with Crippen LogP contribution in [0.25, 0.3) is 0 Å². The van der Waals surface area contributed by atoms with Gasteiger partial charge in [0.1, 0.15) is 0 Å². The molecule has 0 aromatic carbocycles. The van der Waals surface area contributed by atoms with Gasteiger partial charge in [-0.3, -0.25) is 9.69 Å². The molecule has 4 rings (SSSR count). The van der Waals surface area contributed by atoms with Gasteiger partial charge in [-0.25, -0.2) is 0 Å². The van der Waals surface area contributed by atoms with E-state index in [-0.39, 0.29) is 5.91 Å². The summed E-state index contributed by atoms with van der Waals surface area (Å²) < 4.78 is 0. The number of carbonyl (C=O) groups excluding carboxylic acids is 1. The molecule has 3 heterocycles. The minimum absolute atomic E-state index is 0.0172. The fourth-order valence-corrected chi connectivity index (χ4v) is 4.05. The first-order chi connectivity index (χ1) is 10.1. The van der Waals surface area contributed by atoms with Gasteiger partial charge in [0.15, 0.2) is 0 Å². The molecular formula is C17H28N2O2. The predicted molar refractivity (Wildman–Crippen MR) is 82.9 cm³/mol. The molecule has 0 aromatic heterocycles. The van der Waals surface area contributed by atoms with E-state index in [0.29, 0.717) is 12.5 Å². The summed E-state index contributed by atoms with van der Waals surface area (Å²) >= 11 is 0. The van der Waals surface area contributed by atoms with Crippen molar-refractivity contribution in [3.63, 3.8) is 0 Å². The molecule has 3 saturated heterocycles. The van der Waals surface area contributed by atoms with E-state index in [1.54, 1.807) is 6.08 Å². The lowest BCUT2D eigenvalue weighted by atomic mass is 9.83. The molecule has 0 spiro atoms. The minimum Gasteiger partial charge on any atom is -0.388 e. The van der Waals surface area contributed by atoms with Gasteiger partial charge in [-0.05, 0) is 50.3 Å². The number of aliphatic hydroxyl groups is 1. The summed E-state index contributed by atoms with van der Waals surface area (Å²) in [4.78, 5) is 14.6. The molecule has 4 nitrogen and oxygen atoms in total. The van der Waals surface area contributed by atoms with Crippen molar-refractivity contribution in [1.82, 2.24) is 10.2 Å². The highest BCUT2D eigenvalue weighted by Gasteiger charge is 2.31. The van der Waals surface area contributed by atoms with Crippen LogP contribution in [0.5, 0.6) is 0 Å². The SMILES string of the molecule is O=C(/C=C1/CN2CCC1CC2)NCC1(O)CCCCCC1. The third kappa shape index (κ3) is 3.86. The number of nitrogens with zero attached hydrogens (tertiary/aromatic N) is 1. The van der Waals surface area contributed by atoms with E-state index in [4.69, 9.17) is 0 Å². The Hall–Kier alpha value is -0.870. The van der Waals surface area contributed by atoms with Crippen LogP contribution < -0.4 is 5.32 Å². The van der Waals surface area contributed by atoms with Crippen molar-refractivity contribution in [2.75, 3.05) is 26.2 Å². The van der Waals surface area contributed by atoms with Crippen molar-refractivity contribution < 1.29 is 9.90 Å². The topological polar surface area (TPSA) is 52.6 Å². The molecule has 4 heteroatoms. The first kappa shape index (κ1) is 15.0. The maximum Gasteiger partial charge on any atom is 0.244 e. The van der Waals surface area contributed by atoms with E-state index in [1.807, 2.05) is 0 Å². The molecule has 0 radical (unpaired) electrons. The Morgan fingerprint density at radius 1 is 1.24 bits per heavy atom. The van der Waals surface area contributed by atoms with Crippen LogP contribution in [0.15, 0.2) is 11.6 Å². The summed E-state index contributed by atoms with van der Waals surface area (Å²) in [5.41, 5.74) is 0.609. The van der Waals surface area contributed by atoms with Gasteiger partial charge in [-0.15, -0.1) is 0 Å². The lowest BCUT2D eigenvalue weighted by Gasteiger charge is -2.41. The number of amides is 1. The summed E-state index contributed by atoms with van der Waals surface area (Å²) in [5.74, 6) is 0.595. The molecule has 3 aliphatic heterocycles. The van der Waals surface area contributed by atoms with Gasteiger partial charge < -0.3 is 10.4 Å². The Balaban J connectivity index is 1.52. The second-order valence-corrected chi connectivity index (χ2v) is 7.13. The summed E-state index contributed by atoms with van der Waals surface area (Å²) in [7, 11) is 0. The van der Waals surface area contributed by atoms with Gasteiger partial charge in [0.25, 0.3) is 0 Å². The van der Waals surface area contributed by atoms with Gasteiger partial charge in [-0.1, -0.05) is 25.7 Å². The number of carbonyl (C=O) groups is 1. The smallest absolute Gasteiger partial charge is 0.244 e. The van der Waals surface area contributed by atoms with E-state index in [0.717, 1.165) is 32.2 Å². The molecule has 2 N–H and O–H groups in total. The van der Waals surface area contributed by atoms with Gasteiger partial charge in [-0.2, -0.15) is 0 Å². The van der Waals surface area contributed by atoms with E-state index in [2.05, 4.69) is 10.2 Å². The average Bonchev–Trinajstić information content (AvgIpc) is 2.72. The highest BCUT2D eigenvalue weighted by Crippen LogP contribution is 2.31. The lowest BCUT2D eigenvalue weighted by Crippen LogP contribution is -2.44. The van der Waals surface area contributed by atoms with Crippen LogP contribution in [0, 0.1) is 5.92 Å². The van der Waals surface area contributed by atoms with Gasteiger partial charge in [0, 0.05) is 19.2 Å². The quantitative estimate of drug-likeness (QED) is 0.616. The molecule has 1 amide bonds. The van der Waals surface area contributed by atoms with Crippen LogP contribution in [0.3, 0.4) is 0 Å². The molecule has 0 atom stereocenters. The van der Waals surface area contributed by atoms with Gasteiger partial charge in [0.05, 0.1) is 5.60 Å². The Kier molecular flexibility index (Phi) is 4.65. The van der Waals surface area contributed by atoms with Crippen molar-refractivity contribution >= 4 is 5.91 Å². The second kappa shape index (κ2) is 6.49. The summed E-state index contributed by atoms with van der Waals surface area (Å²) in [6, 6.07) is 0. The van der Waals surface area contributed by atoms with Crippen LogP contribution in [0.1, 0.15) is 51.4 Å². The van der Waals surface area contributed by atoms with Crippen molar-refractivity contribution in [2.24, 2.45) is 5.92 Å². The van der Waals surface area contributed by atoms with Crippen LogP contribution in [-0.4, -0.2) is 47.7 Å². The van der Waals surface area contributed by atoms with Crippen LogP contribution in [-0.2, 0) is 4.79 Å².